The molecule has 5 heteroatoms. The minimum Gasteiger partial charge on any atom is -0.348 e. The average molecular weight is 315 g/mol. The van der Waals surface area contributed by atoms with Crippen molar-refractivity contribution in [1.82, 2.24) is 9.80 Å². The summed E-state index contributed by atoms with van der Waals surface area (Å²) in [6.45, 7) is 9.31. The Morgan fingerprint density at radius 1 is 1.27 bits per heavy atom. The monoisotopic (exact) mass is 315 g/mol. The van der Waals surface area contributed by atoms with Gasteiger partial charge in [-0.3, -0.25) is 4.79 Å². The summed E-state index contributed by atoms with van der Waals surface area (Å²) >= 11 is 1.50. The molecule has 0 bridgehead atoms. The highest BCUT2D eigenvalue weighted by atomic mass is 32.2. The minimum atomic E-state index is -0.112. The highest BCUT2D eigenvalue weighted by Gasteiger charge is 2.28. The van der Waals surface area contributed by atoms with E-state index in [4.69, 9.17) is 0 Å². The van der Waals surface area contributed by atoms with Gasteiger partial charge in [0, 0.05) is 26.2 Å². The summed E-state index contributed by atoms with van der Waals surface area (Å²) < 4.78 is 0. The molecule has 22 heavy (non-hydrogen) atoms. The fourth-order valence-corrected chi connectivity index (χ4v) is 3.66. The van der Waals surface area contributed by atoms with E-state index in [2.05, 4.69) is 40.8 Å². The zero-order chi connectivity index (χ0) is 15.5. The predicted octanol–water partition coefficient (Wildman–Crippen LogP) is 2.60. The standard InChI is InChI=1S/C17H21N3OS/c1-3-19-7-9-20(10-8-19)17-18-16(21)15(22-17)12-14-6-4-5-13(2)11-14/h4-6,11-12H,3,7-10H2,1-2H3/b15-12-. The lowest BCUT2D eigenvalue weighted by Crippen LogP contribution is -2.47. The maximum atomic E-state index is 12.1. The SMILES string of the molecule is CCN1CCN(C2=NC(=O)/C(=C/c3cccc(C)c3)S2)CC1. The van der Waals surface area contributed by atoms with E-state index in [1.54, 1.807) is 0 Å². The molecule has 0 atom stereocenters. The number of amides is 1. The zero-order valence-corrected chi connectivity index (χ0v) is 13.9. The van der Waals surface area contributed by atoms with E-state index >= 15 is 0 Å². The molecule has 0 saturated carbocycles. The number of thioether (sulfide) groups is 1. The second-order valence-corrected chi connectivity index (χ2v) is 6.65. The molecule has 1 saturated heterocycles. The van der Waals surface area contributed by atoms with Crippen LogP contribution in [0.15, 0.2) is 34.2 Å². The first kappa shape index (κ1) is 15.3. The van der Waals surface area contributed by atoms with Crippen LogP contribution in [0.4, 0.5) is 0 Å². The molecular weight excluding hydrogens is 294 g/mol. The van der Waals surface area contributed by atoms with Gasteiger partial charge in [-0.05, 0) is 36.9 Å². The van der Waals surface area contributed by atoms with Crippen LogP contribution < -0.4 is 0 Å². The first-order valence-corrected chi connectivity index (χ1v) is 8.54. The minimum absolute atomic E-state index is 0.112. The lowest BCUT2D eigenvalue weighted by Gasteiger charge is -2.34. The molecular formula is C17H21N3OS. The number of amidine groups is 1. The quantitative estimate of drug-likeness (QED) is 0.786. The van der Waals surface area contributed by atoms with Crippen LogP contribution in [0.3, 0.4) is 0 Å². The molecule has 0 N–H and O–H groups in total. The molecule has 4 nitrogen and oxygen atoms in total. The lowest BCUT2D eigenvalue weighted by atomic mass is 10.1. The molecule has 3 rings (SSSR count). The molecule has 1 amide bonds. The van der Waals surface area contributed by atoms with Crippen LogP contribution in [0.2, 0.25) is 0 Å². The van der Waals surface area contributed by atoms with Crippen LogP contribution in [-0.2, 0) is 4.79 Å². The number of aliphatic imine (C=N–C) groups is 1. The molecule has 0 radical (unpaired) electrons. The van der Waals surface area contributed by atoms with Gasteiger partial charge in [-0.1, -0.05) is 36.8 Å². The number of carbonyl (C=O) groups excluding carboxylic acids is 1. The molecule has 1 fully saturated rings. The second-order valence-electron chi connectivity index (χ2n) is 5.65. The van der Waals surface area contributed by atoms with E-state index < -0.39 is 0 Å². The number of hydrogen-bond acceptors (Lipinski definition) is 4. The molecule has 2 aliphatic rings. The lowest BCUT2D eigenvalue weighted by molar-refractivity contribution is -0.113. The van der Waals surface area contributed by atoms with Crippen molar-refractivity contribution in [2.24, 2.45) is 4.99 Å². The summed E-state index contributed by atoms with van der Waals surface area (Å²) in [6, 6.07) is 8.17. The van der Waals surface area contributed by atoms with Crippen LogP contribution in [0, 0.1) is 6.92 Å². The van der Waals surface area contributed by atoms with Crippen LogP contribution >= 0.6 is 11.8 Å². The first-order chi connectivity index (χ1) is 10.7. The first-order valence-electron chi connectivity index (χ1n) is 7.72. The van der Waals surface area contributed by atoms with Gasteiger partial charge in [0.15, 0.2) is 5.17 Å². The Labute approximate surface area is 135 Å². The van der Waals surface area contributed by atoms with Crippen molar-refractivity contribution in [2.45, 2.75) is 13.8 Å². The Kier molecular flexibility index (Phi) is 4.64. The highest BCUT2D eigenvalue weighted by molar-refractivity contribution is 8.18. The van der Waals surface area contributed by atoms with Crippen molar-refractivity contribution in [3.63, 3.8) is 0 Å². The summed E-state index contributed by atoms with van der Waals surface area (Å²) in [4.78, 5) is 21.7. The third-order valence-corrected chi connectivity index (χ3v) is 5.08. The maximum absolute atomic E-state index is 12.1. The van der Waals surface area contributed by atoms with Crippen molar-refractivity contribution in [3.8, 4) is 0 Å². The zero-order valence-electron chi connectivity index (χ0n) is 13.1. The van der Waals surface area contributed by atoms with Crippen molar-refractivity contribution in [2.75, 3.05) is 32.7 Å². The summed E-state index contributed by atoms with van der Waals surface area (Å²) in [7, 11) is 0. The number of piperazine rings is 1. The number of rotatable bonds is 2. The van der Waals surface area contributed by atoms with E-state index in [1.165, 1.54) is 17.3 Å². The van der Waals surface area contributed by atoms with Gasteiger partial charge in [-0.15, -0.1) is 0 Å². The molecule has 0 aromatic heterocycles. The number of benzene rings is 1. The topological polar surface area (TPSA) is 35.9 Å². The molecule has 2 heterocycles. The van der Waals surface area contributed by atoms with Crippen molar-refractivity contribution in [3.05, 3.63) is 40.3 Å². The number of hydrogen-bond donors (Lipinski definition) is 0. The molecule has 0 aliphatic carbocycles. The van der Waals surface area contributed by atoms with Gasteiger partial charge >= 0.3 is 0 Å². The van der Waals surface area contributed by atoms with Crippen molar-refractivity contribution in [1.29, 1.82) is 0 Å². The smallest absolute Gasteiger partial charge is 0.286 e. The van der Waals surface area contributed by atoms with Gasteiger partial charge in [-0.2, -0.15) is 4.99 Å². The Bertz CT molecular complexity index is 631. The Balaban J connectivity index is 1.69. The van der Waals surface area contributed by atoms with Gasteiger partial charge in [0.1, 0.15) is 0 Å². The number of nitrogens with zero attached hydrogens (tertiary/aromatic N) is 3. The largest absolute Gasteiger partial charge is 0.348 e. The molecule has 0 spiro atoms. The summed E-state index contributed by atoms with van der Waals surface area (Å²) in [5.74, 6) is -0.112. The fraction of sp³-hybridized carbons (Fsp3) is 0.412. The molecule has 2 aliphatic heterocycles. The summed E-state index contributed by atoms with van der Waals surface area (Å²) in [5.41, 5.74) is 2.25. The van der Waals surface area contributed by atoms with Crippen molar-refractivity contribution >= 4 is 28.9 Å². The van der Waals surface area contributed by atoms with E-state index in [0.717, 1.165) is 48.4 Å². The normalized spacial score (nSPS) is 21.5. The number of aryl methyl sites for hydroxylation is 1. The number of likely N-dealkylation sites (N-methyl/N-ethyl adjacent to an activating group) is 1. The van der Waals surface area contributed by atoms with E-state index in [9.17, 15) is 4.79 Å². The van der Waals surface area contributed by atoms with Crippen LogP contribution in [0.25, 0.3) is 6.08 Å². The third-order valence-electron chi connectivity index (χ3n) is 4.04. The van der Waals surface area contributed by atoms with Gasteiger partial charge in [0.2, 0.25) is 0 Å². The van der Waals surface area contributed by atoms with Crippen molar-refractivity contribution < 1.29 is 4.79 Å². The van der Waals surface area contributed by atoms with E-state index in [-0.39, 0.29) is 5.91 Å². The molecule has 116 valence electrons. The summed E-state index contributed by atoms with van der Waals surface area (Å²) in [6.07, 6.45) is 1.94. The Morgan fingerprint density at radius 2 is 2.05 bits per heavy atom. The highest BCUT2D eigenvalue weighted by Crippen LogP contribution is 2.30. The number of carbonyl (C=O) groups is 1. The third kappa shape index (κ3) is 3.42. The van der Waals surface area contributed by atoms with Gasteiger partial charge in [0.05, 0.1) is 4.91 Å². The van der Waals surface area contributed by atoms with Gasteiger partial charge < -0.3 is 9.80 Å². The predicted molar refractivity (Wildman–Crippen MR) is 92.9 cm³/mol. The molecule has 1 aromatic carbocycles. The van der Waals surface area contributed by atoms with Gasteiger partial charge in [0.25, 0.3) is 5.91 Å². The molecule has 0 unspecified atom stereocenters. The van der Waals surface area contributed by atoms with Crippen LogP contribution in [0.5, 0.6) is 0 Å². The van der Waals surface area contributed by atoms with Gasteiger partial charge in [-0.25, -0.2) is 0 Å². The van der Waals surface area contributed by atoms with Crippen LogP contribution in [-0.4, -0.2) is 53.6 Å². The van der Waals surface area contributed by atoms with Crippen LogP contribution in [0.1, 0.15) is 18.1 Å². The molecule has 1 aromatic rings. The fourth-order valence-electron chi connectivity index (χ4n) is 2.70. The van der Waals surface area contributed by atoms with E-state index in [0.29, 0.717) is 0 Å². The average Bonchev–Trinajstić information content (AvgIpc) is 2.88. The Hall–Kier alpha value is -1.59. The second kappa shape index (κ2) is 6.67. The summed E-state index contributed by atoms with van der Waals surface area (Å²) in [5, 5.41) is 0.861. The Morgan fingerprint density at radius 3 is 2.73 bits per heavy atom. The van der Waals surface area contributed by atoms with E-state index in [1.807, 2.05) is 18.2 Å². The maximum Gasteiger partial charge on any atom is 0.286 e.